The van der Waals surface area contributed by atoms with E-state index in [9.17, 15) is 9.59 Å². The highest BCUT2D eigenvalue weighted by Crippen LogP contribution is 2.08. The van der Waals surface area contributed by atoms with Crippen molar-refractivity contribution in [2.24, 2.45) is 5.73 Å². The van der Waals surface area contributed by atoms with Crippen LogP contribution in [0.2, 0.25) is 0 Å². The standard InChI is InChI=1S/C12H19N3O2S.ClH/c1-8(10(16)15-12(2,3)7-13)14-11(17)9-5-4-6-18-9;/h4-6,8H,7,13H2,1-3H3,(H,14,17)(H,15,16);1H. The first kappa shape index (κ1) is 17.9. The molecule has 1 rings (SSSR count). The maximum atomic E-state index is 11.8. The molecule has 1 atom stereocenters. The van der Waals surface area contributed by atoms with E-state index in [2.05, 4.69) is 10.6 Å². The summed E-state index contributed by atoms with van der Waals surface area (Å²) in [5.41, 5.74) is 5.06. The summed E-state index contributed by atoms with van der Waals surface area (Å²) in [4.78, 5) is 24.2. The monoisotopic (exact) mass is 305 g/mol. The molecule has 5 nitrogen and oxygen atoms in total. The number of nitrogens with two attached hydrogens (primary N) is 1. The Morgan fingerprint density at radius 3 is 2.58 bits per heavy atom. The molecule has 0 spiro atoms. The van der Waals surface area contributed by atoms with Crippen LogP contribution in [0.1, 0.15) is 30.4 Å². The fourth-order valence-electron chi connectivity index (χ4n) is 1.23. The van der Waals surface area contributed by atoms with Gasteiger partial charge in [0.2, 0.25) is 5.91 Å². The zero-order valence-electron chi connectivity index (χ0n) is 11.2. The fourth-order valence-corrected chi connectivity index (χ4v) is 1.86. The maximum absolute atomic E-state index is 11.8. The van der Waals surface area contributed by atoms with Crippen LogP contribution < -0.4 is 16.4 Å². The second-order valence-electron chi connectivity index (χ2n) is 4.75. The third-order valence-electron chi connectivity index (χ3n) is 2.46. The smallest absolute Gasteiger partial charge is 0.261 e. The molecule has 2 amide bonds. The van der Waals surface area contributed by atoms with E-state index in [1.54, 1.807) is 19.1 Å². The van der Waals surface area contributed by atoms with Crippen molar-refractivity contribution >= 4 is 35.6 Å². The average molecular weight is 306 g/mol. The molecular formula is C12H20ClN3O2S. The average Bonchev–Trinajstić information content (AvgIpc) is 2.81. The van der Waals surface area contributed by atoms with Crippen molar-refractivity contribution in [3.8, 4) is 0 Å². The zero-order valence-corrected chi connectivity index (χ0v) is 12.9. The molecule has 0 radical (unpaired) electrons. The molecule has 0 aliphatic rings. The van der Waals surface area contributed by atoms with Crippen molar-refractivity contribution in [3.05, 3.63) is 22.4 Å². The molecule has 1 aromatic rings. The highest BCUT2D eigenvalue weighted by molar-refractivity contribution is 7.12. The van der Waals surface area contributed by atoms with E-state index in [1.165, 1.54) is 11.3 Å². The maximum Gasteiger partial charge on any atom is 0.261 e. The second kappa shape index (κ2) is 7.47. The minimum absolute atomic E-state index is 0. The Balaban J connectivity index is 0.00000324. The minimum Gasteiger partial charge on any atom is -0.348 e. The summed E-state index contributed by atoms with van der Waals surface area (Å²) in [6.07, 6.45) is 0. The zero-order chi connectivity index (χ0) is 13.8. The summed E-state index contributed by atoms with van der Waals surface area (Å²) in [7, 11) is 0. The molecule has 0 aliphatic carbocycles. The van der Waals surface area contributed by atoms with Gasteiger partial charge in [0.05, 0.1) is 4.88 Å². The van der Waals surface area contributed by atoms with Crippen LogP contribution >= 0.6 is 23.7 Å². The molecule has 1 aromatic heterocycles. The Hall–Kier alpha value is -1.11. The van der Waals surface area contributed by atoms with Gasteiger partial charge < -0.3 is 16.4 Å². The fraction of sp³-hybridized carbons (Fsp3) is 0.500. The van der Waals surface area contributed by atoms with Crippen LogP contribution in [0.4, 0.5) is 0 Å². The number of amides is 2. The molecule has 0 saturated carbocycles. The molecular weight excluding hydrogens is 286 g/mol. The van der Waals surface area contributed by atoms with Gasteiger partial charge in [0.25, 0.3) is 5.91 Å². The molecule has 0 aliphatic heterocycles. The van der Waals surface area contributed by atoms with Gasteiger partial charge in [-0.05, 0) is 32.2 Å². The number of carbonyl (C=O) groups excluding carboxylic acids is 2. The van der Waals surface area contributed by atoms with Crippen molar-refractivity contribution in [2.75, 3.05) is 6.54 Å². The Morgan fingerprint density at radius 1 is 1.47 bits per heavy atom. The summed E-state index contributed by atoms with van der Waals surface area (Å²) in [6, 6.07) is 2.92. The summed E-state index contributed by atoms with van der Waals surface area (Å²) in [5, 5.41) is 7.25. The lowest BCUT2D eigenvalue weighted by Gasteiger charge is -2.26. The van der Waals surface area contributed by atoms with Crippen LogP contribution in [0.5, 0.6) is 0 Å². The second-order valence-corrected chi connectivity index (χ2v) is 5.70. The quantitative estimate of drug-likeness (QED) is 0.763. The number of halogens is 1. The number of rotatable bonds is 5. The van der Waals surface area contributed by atoms with E-state index in [0.29, 0.717) is 11.4 Å². The largest absolute Gasteiger partial charge is 0.348 e. The van der Waals surface area contributed by atoms with Crippen molar-refractivity contribution in [1.29, 1.82) is 0 Å². The van der Waals surface area contributed by atoms with E-state index < -0.39 is 11.6 Å². The van der Waals surface area contributed by atoms with Gasteiger partial charge in [-0.25, -0.2) is 0 Å². The molecule has 7 heteroatoms. The lowest BCUT2D eigenvalue weighted by molar-refractivity contribution is -0.124. The van der Waals surface area contributed by atoms with Gasteiger partial charge in [0.15, 0.2) is 0 Å². The molecule has 108 valence electrons. The van der Waals surface area contributed by atoms with Crippen LogP contribution in [0.3, 0.4) is 0 Å². The normalized spacial score (nSPS) is 12.2. The molecule has 0 saturated heterocycles. The molecule has 0 fully saturated rings. The van der Waals surface area contributed by atoms with Crippen LogP contribution in [0.25, 0.3) is 0 Å². The first-order valence-electron chi connectivity index (χ1n) is 5.72. The highest BCUT2D eigenvalue weighted by Gasteiger charge is 2.23. The van der Waals surface area contributed by atoms with E-state index >= 15 is 0 Å². The summed E-state index contributed by atoms with van der Waals surface area (Å²) >= 11 is 1.34. The third kappa shape index (κ3) is 5.59. The Bertz CT molecular complexity index is 421. The van der Waals surface area contributed by atoms with E-state index in [0.717, 1.165) is 0 Å². The van der Waals surface area contributed by atoms with Crippen molar-refractivity contribution in [3.63, 3.8) is 0 Å². The number of thiophene rings is 1. The number of hydrogen-bond donors (Lipinski definition) is 3. The van der Waals surface area contributed by atoms with E-state index in [-0.39, 0.29) is 24.2 Å². The molecule has 0 bridgehead atoms. The van der Waals surface area contributed by atoms with Crippen molar-refractivity contribution < 1.29 is 9.59 Å². The third-order valence-corrected chi connectivity index (χ3v) is 3.33. The van der Waals surface area contributed by atoms with Gasteiger partial charge in [-0.2, -0.15) is 0 Å². The summed E-state index contributed by atoms with van der Waals surface area (Å²) in [5.74, 6) is -0.478. The number of hydrogen-bond acceptors (Lipinski definition) is 4. The number of nitrogens with one attached hydrogen (secondary N) is 2. The van der Waals surface area contributed by atoms with Gasteiger partial charge in [-0.1, -0.05) is 6.07 Å². The predicted molar refractivity (Wildman–Crippen MR) is 79.8 cm³/mol. The molecule has 0 aromatic carbocycles. The molecule has 1 unspecified atom stereocenters. The lowest BCUT2D eigenvalue weighted by atomic mass is 10.1. The topological polar surface area (TPSA) is 84.2 Å². The van der Waals surface area contributed by atoms with Crippen LogP contribution in [-0.4, -0.2) is 29.9 Å². The summed E-state index contributed by atoms with van der Waals surface area (Å²) < 4.78 is 0. The van der Waals surface area contributed by atoms with Crippen LogP contribution in [-0.2, 0) is 4.79 Å². The Morgan fingerprint density at radius 2 is 2.11 bits per heavy atom. The van der Waals surface area contributed by atoms with E-state index in [1.807, 2.05) is 19.2 Å². The molecule has 1 heterocycles. The van der Waals surface area contributed by atoms with Crippen molar-refractivity contribution in [2.45, 2.75) is 32.4 Å². The van der Waals surface area contributed by atoms with Gasteiger partial charge in [0.1, 0.15) is 6.04 Å². The summed E-state index contributed by atoms with van der Waals surface area (Å²) in [6.45, 7) is 5.65. The Labute approximate surface area is 123 Å². The predicted octanol–water partition coefficient (Wildman–Crippen LogP) is 1.14. The number of carbonyl (C=O) groups is 2. The molecule has 19 heavy (non-hydrogen) atoms. The van der Waals surface area contributed by atoms with Crippen LogP contribution in [0.15, 0.2) is 17.5 Å². The van der Waals surface area contributed by atoms with Gasteiger partial charge in [-0.3, -0.25) is 9.59 Å². The molecule has 4 N–H and O–H groups in total. The highest BCUT2D eigenvalue weighted by atomic mass is 35.5. The van der Waals surface area contributed by atoms with Crippen molar-refractivity contribution in [1.82, 2.24) is 10.6 Å². The van der Waals surface area contributed by atoms with Gasteiger partial charge >= 0.3 is 0 Å². The van der Waals surface area contributed by atoms with Crippen LogP contribution in [0, 0.1) is 0 Å². The van der Waals surface area contributed by atoms with Gasteiger partial charge in [-0.15, -0.1) is 23.7 Å². The SMILES string of the molecule is CC(NC(=O)c1cccs1)C(=O)NC(C)(C)CN.Cl. The first-order valence-corrected chi connectivity index (χ1v) is 6.60. The Kier molecular flexibility index (Phi) is 7.04. The van der Waals surface area contributed by atoms with E-state index in [4.69, 9.17) is 5.73 Å². The lowest BCUT2D eigenvalue weighted by Crippen LogP contribution is -2.54. The minimum atomic E-state index is -0.592. The van der Waals surface area contributed by atoms with Gasteiger partial charge in [0, 0.05) is 12.1 Å². The first-order chi connectivity index (χ1) is 8.35.